The Kier molecular flexibility index (Phi) is 2.71. The molecule has 25 heavy (non-hydrogen) atoms. The van der Waals surface area contributed by atoms with Gasteiger partial charge in [0, 0.05) is 16.5 Å². The van der Waals surface area contributed by atoms with Crippen LogP contribution in [0.2, 0.25) is 0 Å². The zero-order valence-corrected chi connectivity index (χ0v) is 12.9. The highest BCUT2D eigenvalue weighted by Crippen LogP contribution is 2.35. The number of pyridine rings is 2. The van der Waals surface area contributed by atoms with Gasteiger partial charge < -0.3 is 9.30 Å². The van der Waals surface area contributed by atoms with Gasteiger partial charge in [-0.3, -0.25) is 4.79 Å². The molecule has 5 rings (SSSR count). The maximum Gasteiger partial charge on any atom is 0.339 e. The van der Waals surface area contributed by atoms with Crippen molar-refractivity contribution in [3.05, 3.63) is 68.3 Å². The molecule has 3 aromatic rings. The van der Waals surface area contributed by atoms with Crippen molar-refractivity contribution in [2.24, 2.45) is 5.18 Å². The molecule has 0 saturated carbocycles. The summed E-state index contributed by atoms with van der Waals surface area (Å²) in [5.74, 6) is -0.725. The van der Waals surface area contributed by atoms with Crippen molar-refractivity contribution >= 4 is 16.9 Å². The third-order valence-corrected chi connectivity index (χ3v) is 4.79. The number of carbonyl (C=O) groups excluding carboxylic acids is 1. The first-order valence-electron chi connectivity index (χ1n) is 7.82. The van der Waals surface area contributed by atoms with Crippen LogP contribution in [0.4, 0.5) is 0 Å². The fourth-order valence-electron chi connectivity index (χ4n) is 3.57. The van der Waals surface area contributed by atoms with E-state index in [1.54, 1.807) is 10.6 Å². The second-order valence-electron chi connectivity index (χ2n) is 6.16. The van der Waals surface area contributed by atoms with Gasteiger partial charge in [-0.15, -0.1) is 4.91 Å². The molecule has 4 heterocycles. The maximum atomic E-state index is 12.8. The molecule has 1 atom stereocenters. The first-order chi connectivity index (χ1) is 12.2. The summed E-state index contributed by atoms with van der Waals surface area (Å²) in [5, 5.41) is 3.85. The predicted molar refractivity (Wildman–Crippen MR) is 88.9 cm³/mol. The van der Waals surface area contributed by atoms with Crippen LogP contribution < -0.4 is 5.56 Å². The largest absolute Gasteiger partial charge is 0.459 e. The van der Waals surface area contributed by atoms with Gasteiger partial charge in [-0.2, -0.15) is 0 Å². The standard InChI is InChI=1S/C18H11N3O4/c22-17-12-8-25-18(23)16(20-24)11(12)6-14-15-10(7-21(14)17)5-9-3-1-2-4-13(9)19-15/h1-6,16H,7-8H2/t16-/m0/s1. The fraction of sp³-hybridized carbons (Fsp3) is 0.167. The van der Waals surface area contributed by atoms with Crippen molar-refractivity contribution in [3.8, 4) is 11.4 Å². The molecule has 0 bridgehead atoms. The van der Waals surface area contributed by atoms with Crippen LogP contribution in [-0.2, 0) is 22.7 Å². The zero-order chi connectivity index (χ0) is 17.1. The Labute approximate surface area is 140 Å². The maximum absolute atomic E-state index is 12.8. The van der Waals surface area contributed by atoms with E-state index < -0.39 is 12.0 Å². The highest BCUT2D eigenvalue weighted by molar-refractivity contribution is 5.85. The summed E-state index contributed by atoms with van der Waals surface area (Å²) in [4.78, 5) is 40.4. The SMILES string of the molecule is O=N[C@@H]1C(=O)OCc2c1cc1n(c2=O)Cc2cc3ccccc3nc2-1. The normalized spacial score (nSPS) is 17.6. The zero-order valence-electron chi connectivity index (χ0n) is 12.9. The third kappa shape index (κ3) is 1.83. The van der Waals surface area contributed by atoms with Gasteiger partial charge in [-0.25, -0.2) is 9.78 Å². The highest BCUT2D eigenvalue weighted by Gasteiger charge is 2.35. The lowest BCUT2D eigenvalue weighted by molar-refractivity contribution is -0.148. The Balaban J connectivity index is 1.80. The van der Waals surface area contributed by atoms with Gasteiger partial charge in [0.1, 0.15) is 6.61 Å². The molecule has 7 nitrogen and oxygen atoms in total. The van der Waals surface area contributed by atoms with E-state index in [1.807, 2.05) is 30.3 Å². The molecular weight excluding hydrogens is 322 g/mol. The number of nitroso groups, excluding NO2 is 1. The number of hydrogen-bond donors (Lipinski definition) is 0. The van der Waals surface area contributed by atoms with E-state index in [0.717, 1.165) is 16.5 Å². The van der Waals surface area contributed by atoms with Crippen molar-refractivity contribution in [1.82, 2.24) is 9.55 Å². The van der Waals surface area contributed by atoms with Gasteiger partial charge >= 0.3 is 5.97 Å². The Bertz CT molecular complexity index is 1150. The number of para-hydroxylation sites is 1. The summed E-state index contributed by atoms with van der Waals surface area (Å²) in [6.45, 7) is 0.271. The van der Waals surface area contributed by atoms with Crippen molar-refractivity contribution < 1.29 is 9.53 Å². The van der Waals surface area contributed by atoms with Crippen molar-refractivity contribution in [3.63, 3.8) is 0 Å². The van der Waals surface area contributed by atoms with Gasteiger partial charge in [0.15, 0.2) is 0 Å². The Morgan fingerprint density at radius 1 is 1.20 bits per heavy atom. The highest BCUT2D eigenvalue weighted by atomic mass is 16.5. The van der Waals surface area contributed by atoms with E-state index in [1.165, 1.54) is 0 Å². The van der Waals surface area contributed by atoms with Gasteiger partial charge in [-0.05, 0) is 23.4 Å². The molecule has 0 unspecified atom stereocenters. The van der Waals surface area contributed by atoms with Crippen LogP contribution in [0.5, 0.6) is 0 Å². The Morgan fingerprint density at radius 3 is 2.88 bits per heavy atom. The molecular formula is C18H11N3O4. The second-order valence-corrected chi connectivity index (χ2v) is 6.16. The summed E-state index contributed by atoms with van der Waals surface area (Å²) < 4.78 is 6.53. The summed E-state index contributed by atoms with van der Waals surface area (Å²) >= 11 is 0. The summed E-state index contributed by atoms with van der Waals surface area (Å²) in [6, 6.07) is 10.1. The smallest absolute Gasteiger partial charge is 0.339 e. The number of rotatable bonds is 1. The monoisotopic (exact) mass is 333 g/mol. The van der Waals surface area contributed by atoms with E-state index >= 15 is 0 Å². The number of cyclic esters (lactones) is 1. The molecule has 122 valence electrons. The predicted octanol–water partition coefficient (Wildman–Crippen LogP) is 2.29. The van der Waals surface area contributed by atoms with Gasteiger partial charge in [0.2, 0.25) is 6.04 Å². The van der Waals surface area contributed by atoms with Crippen LogP contribution in [0, 0.1) is 4.91 Å². The number of nitrogens with zero attached hydrogens (tertiary/aromatic N) is 3. The van der Waals surface area contributed by atoms with Gasteiger partial charge in [0.05, 0.1) is 29.0 Å². The minimum absolute atomic E-state index is 0.134. The fourth-order valence-corrected chi connectivity index (χ4v) is 3.57. The molecule has 2 aromatic heterocycles. The molecule has 0 saturated heterocycles. The molecule has 0 spiro atoms. The number of carbonyl (C=O) groups is 1. The summed E-state index contributed by atoms with van der Waals surface area (Å²) in [5.41, 5.74) is 3.42. The average Bonchev–Trinajstić information content (AvgIpc) is 2.98. The number of fused-ring (bicyclic) bond motifs is 5. The Morgan fingerprint density at radius 2 is 2.04 bits per heavy atom. The molecule has 0 amide bonds. The first kappa shape index (κ1) is 14.0. The van der Waals surface area contributed by atoms with Crippen LogP contribution in [-0.4, -0.2) is 15.5 Å². The van der Waals surface area contributed by atoms with Gasteiger partial charge in [0.25, 0.3) is 5.56 Å². The van der Waals surface area contributed by atoms with Crippen molar-refractivity contribution in [2.75, 3.05) is 0 Å². The van der Waals surface area contributed by atoms with E-state index in [0.29, 0.717) is 29.1 Å². The summed E-state index contributed by atoms with van der Waals surface area (Å²) in [6.07, 6.45) is 0. The third-order valence-electron chi connectivity index (χ3n) is 4.79. The lowest BCUT2D eigenvalue weighted by atomic mass is 9.99. The Hall–Kier alpha value is -3.35. The lowest BCUT2D eigenvalue weighted by Crippen LogP contribution is -2.31. The summed E-state index contributed by atoms with van der Waals surface area (Å²) in [7, 11) is 0. The number of hydrogen-bond acceptors (Lipinski definition) is 6. The number of benzene rings is 1. The molecule has 2 aliphatic heterocycles. The van der Waals surface area contributed by atoms with Crippen LogP contribution in [0.3, 0.4) is 0 Å². The molecule has 0 aliphatic carbocycles. The quantitative estimate of drug-likeness (QED) is 0.394. The van der Waals surface area contributed by atoms with E-state index in [2.05, 4.69) is 10.2 Å². The lowest BCUT2D eigenvalue weighted by Gasteiger charge is -2.20. The minimum atomic E-state index is -1.30. The van der Waals surface area contributed by atoms with Crippen LogP contribution in [0.1, 0.15) is 22.7 Å². The van der Waals surface area contributed by atoms with Gasteiger partial charge in [-0.1, -0.05) is 18.2 Å². The first-order valence-corrected chi connectivity index (χ1v) is 7.82. The van der Waals surface area contributed by atoms with E-state index in [-0.39, 0.29) is 12.2 Å². The molecule has 0 N–H and O–H groups in total. The average molecular weight is 333 g/mol. The minimum Gasteiger partial charge on any atom is -0.459 e. The number of ether oxygens (including phenoxy) is 1. The van der Waals surface area contributed by atoms with Crippen LogP contribution in [0.25, 0.3) is 22.3 Å². The molecule has 7 heteroatoms. The van der Waals surface area contributed by atoms with E-state index in [4.69, 9.17) is 4.74 Å². The second kappa shape index (κ2) is 4.83. The number of esters is 1. The van der Waals surface area contributed by atoms with E-state index in [9.17, 15) is 14.5 Å². The topological polar surface area (TPSA) is 90.6 Å². The number of aromatic nitrogens is 2. The molecule has 2 aliphatic rings. The van der Waals surface area contributed by atoms with Crippen molar-refractivity contribution in [2.45, 2.75) is 19.2 Å². The molecule has 0 radical (unpaired) electrons. The van der Waals surface area contributed by atoms with Crippen LogP contribution in [0.15, 0.2) is 46.4 Å². The molecule has 1 aromatic carbocycles. The van der Waals surface area contributed by atoms with Crippen molar-refractivity contribution in [1.29, 1.82) is 0 Å². The van der Waals surface area contributed by atoms with Crippen LogP contribution >= 0.6 is 0 Å². The molecule has 0 fully saturated rings.